The van der Waals surface area contributed by atoms with E-state index in [1.165, 1.54) is 17.4 Å². The number of anilines is 2. The Bertz CT molecular complexity index is 1030. The van der Waals surface area contributed by atoms with E-state index < -0.39 is 0 Å². The zero-order valence-electron chi connectivity index (χ0n) is 15.4. The van der Waals surface area contributed by atoms with E-state index in [9.17, 15) is 9.59 Å². The van der Waals surface area contributed by atoms with E-state index in [0.29, 0.717) is 22.7 Å². The molecule has 0 saturated carbocycles. The van der Waals surface area contributed by atoms with Crippen LogP contribution >= 0.6 is 11.3 Å². The van der Waals surface area contributed by atoms with Crippen molar-refractivity contribution in [1.29, 1.82) is 0 Å². The highest BCUT2D eigenvalue weighted by atomic mass is 32.1. The number of aryl methyl sites for hydroxylation is 1. The van der Waals surface area contributed by atoms with Gasteiger partial charge in [-0.1, -0.05) is 18.2 Å². The molecule has 0 fully saturated rings. The first-order chi connectivity index (χ1) is 13.5. The average molecular weight is 393 g/mol. The summed E-state index contributed by atoms with van der Waals surface area (Å²) < 4.78 is 5.16. The van der Waals surface area contributed by atoms with Crippen LogP contribution in [0.3, 0.4) is 0 Å². The number of benzene rings is 2. The number of nitrogens with one attached hydrogen (secondary N) is 2. The molecule has 0 saturated heterocycles. The normalized spacial score (nSPS) is 10.6. The Hall–Kier alpha value is -3.45. The van der Waals surface area contributed by atoms with Crippen LogP contribution in [0, 0.1) is 6.92 Å². The van der Waals surface area contributed by atoms with E-state index in [4.69, 9.17) is 4.74 Å². The quantitative estimate of drug-likeness (QED) is 0.610. The molecule has 142 valence electrons. The van der Waals surface area contributed by atoms with Crippen LogP contribution in [-0.4, -0.2) is 23.9 Å². The molecule has 2 amide bonds. The van der Waals surface area contributed by atoms with E-state index >= 15 is 0 Å². The maximum atomic E-state index is 12.7. The Balaban J connectivity index is 1.72. The summed E-state index contributed by atoms with van der Waals surface area (Å²) in [7, 11) is 1.56. The Labute approximate surface area is 166 Å². The molecule has 3 rings (SSSR count). The van der Waals surface area contributed by atoms with Gasteiger partial charge in [0.1, 0.15) is 5.75 Å². The van der Waals surface area contributed by atoms with Crippen LogP contribution < -0.4 is 15.4 Å². The van der Waals surface area contributed by atoms with Gasteiger partial charge in [-0.15, -0.1) is 11.3 Å². The molecule has 0 radical (unpaired) electrons. The predicted octanol–water partition coefficient (Wildman–Crippen LogP) is 4.36. The summed E-state index contributed by atoms with van der Waals surface area (Å²) in [6.45, 7) is 1.90. The third-order valence-corrected chi connectivity index (χ3v) is 4.59. The van der Waals surface area contributed by atoms with Gasteiger partial charge in [0.15, 0.2) is 0 Å². The third-order valence-electron chi connectivity index (χ3n) is 3.80. The molecule has 0 bridgehead atoms. The lowest BCUT2D eigenvalue weighted by Gasteiger charge is -2.11. The summed E-state index contributed by atoms with van der Waals surface area (Å²) >= 11 is 1.51. The molecular weight excluding hydrogens is 374 g/mol. The average Bonchev–Trinajstić information content (AvgIpc) is 3.12. The monoisotopic (exact) mass is 393 g/mol. The van der Waals surface area contributed by atoms with Crippen LogP contribution in [0.1, 0.15) is 21.1 Å². The van der Waals surface area contributed by atoms with Crippen molar-refractivity contribution in [2.45, 2.75) is 6.92 Å². The molecule has 0 spiro atoms. The zero-order chi connectivity index (χ0) is 19.9. The van der Waals surface area contributed by atoms with E-state index in [-0.39, 0.29) is 11.8 Å². The molecule has 7 heteroatoms. The first-order valence-electron chi connectivity index (χ1n) is 8.51. The molecule has 6 nitrogen and oxygen atoms in total. The Morgan fingerprint density at radius 2 is 1.93 bits per heavy atom. The smallest absolute Gasteiger partial charge is 0.257 e. The van der Waals surface area contributed by atoms with Crippen LogP contribution in [0.2, 0.25) is 0 Å². The summed E-state index contributed by atoms with van der Waals surface area (Å²) in [6.07, 6.45) is 3.03. The van der Waals surface area contributed by atoms with Gasteiger partial charge in [0.05, 0.1) is 29.1 Å². The van der Waals surface area contributed by atoms with Gasteiger partial charge in [0.25, 0.3) is 5.91 Å². The van der Waals surface area contributed by atoms with Crippen molar-refractivity contribution in [1.82, 2.24) is 4.98 Å². The number of hydrogen-bond acceptors (Lipinski definition) is 5. The highest BCUT2D eigenvalue weighted by Crippen LogP contribution is 2.20. The molecule has 1 aromatic heterocycles. The van der Waals surface area contributed by atoms with E-state index in [1.54, 1.807) is 61.7 Å². The van der Waals surface area contributed by atoms with Crippen molar-refractivity contribution in [3.8, 4) is 5.75 Å². The lowest BCUT2D eigenvalue weighted by atomic mass is 10.1. The molecule has 2 N–H and O–H groups in total. The number of carbonyl (C=O) groups excluding carboxylic acids is 2. The van der Waals surface area contributed by atoms with E-state index in [2.05, 4.69) is 15.6 Å². The minimum atomic E-state index is -0.340. The van der Waals surface area contributed by atoms with Crippen molar-refractivity contribution in [2.75, 3.05) is 17.7 Å². The molecule has 2 aromatic carbocycles. The van der Waals surface area contributed by atoms with Crippen LogP contribution in [0.4, 0.5) is 11.4 Å². The summed E-state index contributed by atoms with van der Waals surface area (Å²) in [5, 5.41) is 8.35. The molecule has 0 unspecified atom stereocenters. The van der Waals surface area contributed by atoms with Crippen molar-refractivity contribution in [3.63, 3.8) is 0 Å². The SMILES string of the molecule is COc1cccc(NC(=O)c2ccccc2NC(=O)/C=C/c2csc(C)n2)c1. The molecule has 1 heterocycles. The summed E-state index contributed by atoms with van der Waals surface area (Å²) in [5.41, 5.74) is 2.11. The molecule has 0 aliphatic heterocycles. The van der Waals surface area contributed by atoms with Gasteiger partial charge in [0.2, 0.25) is 5.91 Å². The second kappa shape index (κ2) is 8.96. The van der Waals surface area contributed by atoms with Gasteiger partial charge in [-0.25, -0.2) is 4.98 Å². The van der Waals surface area contributed by atoms with Crippen molar-refractivity contribution in [3.05, 3.63) is 76.3 Å². The number of rotatable bonds is 6. The lowest BCUT2D eigenvalue weighted by molar-refractivity contribution is -0.111. The van der Waals surface area contributed by atoms with Crippen LogP contribution in [0.5, 0.6) is 5.75 Å². The second-order valence-electron chi connectivity index (χ2n) is 5.85. The maximum Gasteiger partial charge on any atom is 0.257 e. The van der Waals surface area contributed by atoms with Crippen LogP contribution in [-0.2, 0) is 4.79 Å². The first-order valence-corrected chi connectivity index (χ1v) is 9.39. The van der Waals surface area contributed by atoms with Crippen LogP contribution in [0.25, 0.3) is 6.08 Å². The lowest BCUT2D eigenvalue weighted by Crippen LogP contribution is -2.17. The largest absolute Gasteiger partial charge is 0.497 e. The van der Waals surface area contributed by atoms with Gasteiger partial charge < -0.3 is 15.4 Å². The number of amides is 2. The van der Waals surface area contributed by atoms with Gasteiger partial charge in [0, 0.05) is 23.2 Å². The van der Waals surface area contributed by atoms with E-state index in [1.807, 2.05) is 12.3 Å². The predicted molar refractivity (Wildman–Crippen MR) is 112 cm³/mol. The highest BCUT2D eigenvalue weighted by Gasteiger charge is 2.13. The number of aromatic nitrogens is 1. The number of methoxy groups -OCH3 is 1. The maximum absolute atomic E-state index is 12.7. The van der Waals surface area contributed by atoms with Crippen LogP contribution in [0.15, 0.2) is 60.0 Å². The molecule has 0 aliphatic carbocycles. The zero-order valence-corrected chi connectivity index (χ0v) is 16.2. The molecule has 28 heavy (non-hydrogen) atoms. The summed E-state index contributed by atoms with van der Waals surface area (Å²) in [4.78, 5) is 29.2. The standard InChI is InChI=1S/C21H19N3O3S/c1-14-22-16(13-28-14)10-11-20(25)24-19-9-4-3-8-18(19)21(26)23-15-6-5-7-17(12-15)27-2/h3-13H,1-2H3,(H,23,26)(H,24,25)/b11-10+. The number of carbonyl (C=O) groups is 2. The fraction of sp³-hybridized carbons (Fsp3) is 0.0952. The highest BCUT2D eigenvalue weighted by molar-refractivity contribution is 7.09. The van der Waals surface area contributed by atoms with Crippen molar-refractivity contribution < 1.29 is 14.3 Å². The van der Waals surface area contributed by atoms with Crippen molar-refractivity contribution >= 4 is 40.6 Å². The number of para-hydroxylation sites is 1. The van der Waals surface area contributed by atoms with Gasteiger partial charge >= 0.3 is 0 Å². The molecule has 3 aromatic rings. The fourth-order valence-corrected chi connectivity index (χ4v) is 3.06. The Morgan fingerprint density at radius 1 is 1.11 bits per heavy atom. The number of nitrogens with zero attached hydrogens (tertiary/aromatic N) is 1. The second-order valence-corrected chi connectivity index (χ2v) is 6.91. The van der Waals surface area contributed by atoms with Crippen molar-refractivity contribution in [2.24, 2.45) is 0 Å². The van der Waals surface area contributed by atoms with Gasteiger partial charge in [-0.2, -0.15) is 0 Å². The number of hydrogen-bond donors (Lipinski definition) is 2. The minimum absolute atomic E-state index is 0.330. The van der Waals surface area contributed by atoms with E-state index in [0.717, 1.165) is 10.7 Å². The molecule has 0 atom stereocenters. The third kappa shape index (κ3) is 5.05. The fourth-order valence-electron chi connectivity index (χ4n) is 2.48. The Morgan fingerprint density at radius 3 is 2.68 bits per heavy atom. The Kier molecular flexibility index (Phi) is 6.18. The number of thiazole rings is 1. The van der Waals surface area contributed by atoms with Gasteiger partial charge in [-0.3, -0.25) is 9.59 Å². The summed E-state index contributed by atoms with van der Waals surface area (Å²) in [5.74, 6) is -0.0302. The molecular formula is C21H19N3O3S. The topological polar surface area (TPSA) is 80.3 Å². The van der Waals surface area contributed by atoms with Gasteiger partial charge in [-0.05, 0) is 37.3 Å². The summed E-state index contributed by atoms with van der Waals surface area (Å²) in [6, 6.07) is 13.9. The first kappa shape index (κ1) is 19.3. The minimum Gasteiger partial charge on any atom is -0.497 e. The molecule has 0 aliphatic rings. The number of ether oxygens (including phenoxy) is 1.